The topological polar surface area (TPSA) is 76.1 Å². The summed E-state index contributed by atoms with van der Waals surface area (Å²) in [5.74, 6) is -2.71. The summed E-state index contributed by atoms with van der Waals surface area (Å²) in [5.41, 5.74) is 0.155. The highest BCUT2D eigenvalue weighted by Crippen LogP contribution is 2.19. The zero-order chi connectivity index (χ0) is 18.1. The maximum atomic E-state index is 13.8. The SMILES string of the molecule is CCOCCCN(CC(C)C(=O)O)C(=O)c1ccc(OC)c(F)c1. The summed E-state index contributed by atoms with van der Waals surface area (Å²) in [7, 11) is 1.34. The number of methoxy groups -OCH3 is 1. The van der Waals surface area contributed by atoms with Gasteiger partial charge < -0.3 is 19.5 Å². The van der Waals surface area contributed by atoms with Crippen molar-refractivity contribution in [3.63, 3.8) is 0 Å². The van der Waals surface area contributed by atoms with Crippen LogP contribution in [-0.2, 0) is 9.53 Å². The van der Waals surface area contributed by atoms with E-state index in [1.165, 1.54) is 31.1 Å². The van der Waals surface area contributed by atoms with Crippen molar-refractivity contribution in [1.82, 2.24) is 4.90 Å². The lowest BCUT2D eigenvalue weighted by molar-refractivity contribution is -0.141. The fourth-order valence-corrected chi connectivity index (χ4v) is 2.17. The summed E-state index contributed by atoms with van der Waals surface area (Å²) < 4.78 is 23.9. The van der Waals surface area contributed by atoms with Crippen molar-refractivity contribution in [2.24, 2.45) is 5.92 Å². The van der Waals surface area contributed by atoms with Crippen LogP contribution in [-0.4, -0.2) is 55.3 Å². The molecule has 0 fully saturated rings. The standard InChI is InChI=1S/C17H24FNO5/c1-4-24-9-5-8-19(11-12(2)17(21)22)16(20)13-6-7-15(23-3)14(18)10-13/h6-7,10,12H,4-5,8-9,11H2,1-3H3,(H,21,22). The van der Waals surface area contributed by atoms with Gasteiger partial charge >= 0.3 is 5.97 Å². The highest BCUT2D eigenvalue weighted by atomic mass is 19.1. The Morgan fingerprint density at radius 2 is 2.08 bits per heavy atom. The molecule has 134 valence electrons. The van der Waals surface area contributed by atoms with Crippen LogP contribution in [0, 0.1) is 11.7 Å². The number of carboxylic acid groups (broad SMARTS) is 1. The van der Waals surface area contributed by atoms with E-state index >= 15 is 0 Å². The zero-order valence-electron chi connectivity index (χ0n) is 14.3. The molecule has 1 unspecified atom stereocenters. The number of hydrogen-bond acceptors (Lipinski definition) is 4. The van der Waals surface area contributed by atoms with Gasteiger partial charge in [-0.25, -0.2) is 4.39 Å². The van der Waals surface area contributed by atoms with Crippen LogP contribution in [0.1, 0.15) is 30.6 Å². The second-order valence-corrected chi connectivity index (χ2v) is 5.39. The molecular formula is C17H24FNO5. The first kappa shape index (κ1) is 19.9. The molecule has 1 aromatic rings. The number of amides is 1. The van der Waals surface area contributed by atoms with Crippen LogP contribution in [0.15, 0.2) is 18.2 Å². The van der Waals surface area contributed by atoms with Crippen molar-refractivity contribution in [3.05, 3.63) is 29.6 Å². The molecule has 0 bridgehead atoms. The molecule has 6 nitrogen and oxygen atoms in total. The molecule has 0 saturated heterocycles. The minimum atomic E-state index is -0.987. The van der Waals surface area contributed by atoms with Crippen LogP contribution in [0.25, 0.3) is 0 Å². The third-order valence-corrected chi connectivity index (χ3v) is 3.52. The van der Waals surface area contributed by atoms with Gasteiger partial charge in [0.2, 0.25) is 0 Å². The van der Waals surface area contributed by atoms with Gasteiger partial charge in [-0.3, -0.25) is 9.59 Å². The van der Waals surface area contributed by atoms with Crippen LogP contribution in [0.3, 0.4) is 0 Å². The summed E-state index contributed by atoms with van der Waals surface area (Å²) in [6, 6.07) is 3.94. The largest absolute Gasteiger partial charge is 0.494 e. The van der Waals surface area contributed by atoms with E-state index in [0.29, 0.717) is 26.2 Å². The summed E-state index contributed by atoms with van der Waals surface area (Å²) >= 11 is 0. The number of ether oxygens (including phenoxy) is 2. The number of halogens is 1. The monoisotopic (exact) mass is 341 g/mol. The maximum Gasteiger partial charge on any atom is 0.308 e. The number of aliphatic carboxylic acids is 1. The molecule has 1 aromatic carbocycles. The lowest BCUT2D eigenvalue weighted by atomic mass is 10.1. The maximum absolute atomic E-state index is 13.8. The van der Waals surface area contributed by atoms with Gasteiger partial charge in [0.05, 0.1) is 13.0 Å². The van der Waals surface area contributed by atoms with Crippen molar-refractivity contribution in [2.45, 2.75) is 20.3 Å². The van der Waals surface area contributed by atoms with Gasteiger partial charge in [0.25, 0.3) is 5.91 Å². The quantitative estimate of drug-likeness (QED) is 0.662. The summed E-state index contributed by atoms with van der Waals surface area (Å²) in [5, 5.41) is 9.07. The fourth-order valence-electron chi connectivity index (χ4n) is 2.17. The Hall–Kier alpha value is -2.15. The third-order valence-electron chi connectivity index (χ3n) is 3.52. The first-order chi connectivity index (χ1) is 11.4. The van der Waals surface area contributed by atoms with Crippen LogP contribution >= 0.6 is 0 Å². The third kappa shape index (κ3) is 5.81. The number of carbonyl (C=O) groups excluding carboxylic acids is 1. The van der Waals surface area contributed by atoms with Crippen LogP contribution < -0.4 is 4.74 Å². The lowest BCUT2D eigenvalue weighted by Crippen LogP contribution is -2.38. The molecule has 0 aliphatic heterocycles. The van der Waals surface area contributed by atoms with Crippen molar-refractivity contribution >= 4 is 11.9 Å². The zero-order valence-corrected chi connectivity index (χ0v) is 14.3. The molecule has 0 heterocycles. The van der Waals surface area contributed by atoms with E-state index in [-0.39, 0.29) is 17.9 Å². The molecule has 1 N–H and O–H groups in total. The Kier molecular flexibility index (Phi) is 8.18. The van der Waals surface area contributed by atoms with Crippen LogP contribution in [0.4, 0.5) is 4.39 Å². The predicted molar refractivity (Wildman–Crippen MR) is 86.8 cm³/mol. The number of carbonyl (C=O) groups is 2. The van der Waals surface area contributed by atoms with E-state index in [2.05, 4.69) is 0 Å². The molecule has 0 radical (unpaired) electrons. The van der Waals surface area contributed by atoms with Gasteiger partial charge in [-0.15, -0.1) is 0 Å². The molecule has 0 aromatic heterocycles. The summed E-state index contributed by atoms with van der Waals surface area (Å²) in [4.78, 5) is 25.1. The molecule has 1 rings (SSSR count). The van der Waals surface area contributed by atoms with Crippen molar-refractivity contribution in [3.8, 4) is 5.75 Å². The second-order valence-electron chi connectivity index (χ2n) is 5.39. The summed E-state index contributed by atoms with van der Waals surface area (Å²) in [6.07, 6.45) is 0.574. The van der Waals surface area contributed by atoms with Gasteiger partial charge in [0.15, 0.2) is 11.6 Å². The smallest absolute Gasteiger partial charge is 0.308 e. The van der Waals surface area contributed by atoms with Crippen molar-refractivity contribution < 1.29 is 28.6 Å². The average Bonchev–Trinajstić information content (AvgIpc) is 2.56. The first-order valence-corrected chi connectivity index (χ1v) is 7.84. The van der Waals surface area contributed by atoms with Crippen LogP contribution in [0.2, 0.25) is 0 Å². The van der Waals surface area contributed by atoms with E-state index in [4.69, 9.17) is 14.6 Å². The number of rotatable bonds is 10. The van der Waals surface area contributed by atoms with Crippen molar-refractivity contribution in [2.75, 3.05) is 33.4 Å². The minimum absolute atomic E-state index is 0.0494. The van der Waals surface area contributed by atoms with E-state index in [9.17, 15) is 14.0 Å². The van der Waals surface area contributed by atoms with Gasteiger partial charge in [0, 0.05) is 31.9 Å². The Bertz CT molecular complexity index is 564. The normalized spacial score (nSPS) is 11.8. The number of nitrogens with zero attached hydrogens (tertiary/aromatic N) is 1. The second kappa shape index (κ2) is 9.87. The fraction of sp³-hybridized carbons (Fsp3) is 0.529. The molecule has 1 atom stereocenters. The molecule has 7 heteroatoms. The molecule has 0 spiro atoms. The average molecular weight is 341 g/mol. The van der Waals surface area contributed by atoms with Gasteiger partial charge in [-0.1, -0.05) is 6.92 Å². The van der Waals surface area contributed by atoms with E-state index in [1.807, 2.05) is 6.92 Å². The molecular weight excluding hydrogens is 317 g/mol. The van der Waals surface area contributed by atoms with Crippen LogP contribution in [0.5, 0.6) is 5.75 Å². The Morgan fingerprint density at radius 1 is 1.38 bits per heavy atom. The number of benzene rings is 1. The Balaban J connectivity index is 2.88. The minimum Gasteiger partial charge on any atom is -0.494 e. The lowest BCUT2D eigenvalue weighted by Gasteiger charge is -2.25. The van der Waals surface area contributed by atoms with E-state index in [0.717, 1.165) is 6.07 Å². The summed E-state index contributed by atoms with van der Waals surface area (Å²) in [6.45, 7) is 4.83. The highest BCUT2D eigenvalue weighted by molar-refractivity contribution is 5.94. The van der Waals surface area contributed by atoms with E-state index < -0.39 is 23.6 Å². The van der Waals surface area contributed by atoms with Gasteiger partial charge in [-0.2, -0.15) is 0 Å². The molecule has 24 heavy (non-hydrogen) atoms. The molecule has 0 aliphatic carbocycles. The molecule has 0 aliphatic rings. The molecule has 1 amide bonds. The van der Waals surface area contributed by atoms with Crippen molar-refractivity contribution in [1.29, 1.82) is 0 Å². The predicted octanol–water partition coefficient (Wildman–Crippen LogP) is 2.42. The highest BCUT2D eigenvalue weighted by Gasteiger charge is 2.22. The number of hydrogen-bond donors (Lipinski definition) is 1. The van der Waals surface area contributed by atoms with E-state index in [1.54, 1.807) is 0 Å². The first-order valence-electron chi connectivity index (χ1n) is 7.84. The van der Waals surface area contributed by atoms with Gasteiger partial charge in [-0.05, 0) is 31.5 Å². The number of carboxylic acids is 1. The molecule has 0 saturated carbocycles. The Morgan fingerprint density at radius 3 is 2.62 bits per heavy atom. The Labute approximate surface area is 141 Å². The van der Waals surface area contributed by atoms with Gasteiger partial charge in [0.1, 0.15) is 0 Å².